The standard InChI is InChI=1S/C12H13N3/c1-2-9-5-3-4-6-11(9)12-14-7-10(13)8-15-12/h3-8H,2,13H2,1H3. The SMILES string of the molecule is CCc1ccccc1-c1ncc(N)cn1. The van der Waals surface area contributed by atoms with Gasteiger partial charge in [0, 0.05) is 5.56 Å². The summed E-state index contributed by atoms with van der Waals surface area (Å²) in [6, 6.07) is 8.15. The average Bonchev–Trinajstić information content (AvgIpc) is 2.30. The highest BCUT2D eigenvalue weighted by Gasteiger charge is 2.04. The van der Waals surface area contributed by atoms with E-state index < -0.39 is 0 Å². The van der Waals surface area contributed by atoms with E-state index in [1.807, 2.05) is 18.2 Å². The first-order valence-corrected chi connectivity index (χ1v) is 4.97. The van der Waals surface area contributed by atoms with Gasteiger partial charge in [0.15, 0.2) is 5.82 Å². The van der Waals surface area contributed by atoms with E-state index in [0.29, 0.717) is 5.69 Å². The van der Waals surface area contributed by atoms with E-state index in [4.69, 9.17) is 5.73 Å². The highest BCUT2D eigenvalue weighted by atomic mass is 14.9. The fraction of sp³-hybridized carbons (Fsp3) is 0.167. The number of aromatic nitrogens is 2. The van der Waals surface area contributed by atoms with Gasteiger partial charge in [-0.05, 0) is 12.0 Å². The minimum absolute atomic E-state index is 0.590. The minimum atomic E-state index is 0.590. The molecule has 0 atom stereocenters. The topological polar surface area (TPSA) is 51.8 Å². The van der Waals surface area contributed by atoms with Crippen LogP contribution in [0.4, 0.5) is 5.69 Å². The molecule has 0 amide bonds. The lowest BCUT2D eigenvalue weighted by atomic mass is 10.0. The summed E-state index contributed by atoms with van der Waals surface area (Å²) in [4.78, 5) is 8.44. The summed E-state index contributed by atoms with van der Waals surface area (Å²) < 4.78 is 0. The summed E-state index contributed by atoms with van der Waals surface area (Å²) in [5.41, 5.74) is 8.48. The van der Waals surface area contributed by atoms with Gasteiger partial charge < -0.3 is 5.73 Å². The van der Waals surface area contributed by atoms with Gasteiger partial charge in [0.25, 0.3) is 0 Å². The van der Waals surface area contributed by atoms with Crippen molar-refractivity contribution in [2.24, 2.45) is 0 Å². The van der Waals surface area contributed by atoms with E-state index in [1.54, 1.807) is 12.4 Å². The second kappa shape index (κ2) is 4.09. The Labute approximate surface area is 89.0 Å². The maximum absolute atomic E-state index is 5.55. The number of aryl methyl sites for hydroxylation is 1. The molecule has 0 aliphatic rings. The number of benzene rings is 1. The molecule has 0 aliphatic carbocycles. The number of nitrogens with zero attached hydrogens (tertiary/aromatic N) is 2. The van der Waals surface area contributed by atoms with Crippen molar-refractivity contribution in [3.63, 3.8) is 0 Å². The Hall–Kier alpha value is -1.90. The van der Waals surface area contributed by atoms with Crippen LogP contribution in [0.2, 0.25) is 0 Å². The zero-order chi connectivity index (χ0) is 10.7. The molecule has 15 heavy (non-hydrogen) atoms. The van der Waals surface area contributed by atoms with E-state index in [2.05, 4.69) is 23.0 Å². The Morgan fingerprint density at radius 1 is 1.13 bits per heavy atom. The lowest BCUT2D eigenvalue weighted by Gasteiger charge is -2.05. The largest absolute Gasteiger partial charge is 0.396 e. The third-order valence-corrected chi connectivity index (χ3v) is 2.31. The first kappa shape index (κ1) is 9.65. The minimum Gasteiger partial charge on any atom is -0.396 e. The van der Waals surface area contributed by atoms with Crippen LogP contribution in [0.25, 0.3) is 11.4 Å². The van der Waals surface area contributed by atoms with Crippen LogP contribution in [0.3, 0.4) is 0 Å². The molecule has 1 aromatic carbocycles. The molecule has 0 aliphatic heterocycles. The summed E-state index contributed by atoms with van der Waals surface area (Å²) in [7, 11) is 0. The molecule has 1 heterocycles. The molecule has 2 N–H and O–H groups in total. The third kappa shape index (κ3) is 1.96. The van der Waals surface area contributed by atoms with Gasteiger partial charge >= 0.3 is 0 Å². The van der Waals surface area contributed by atoms with Gasteiger partial charge in [-0.25, -0.2) is 9.97 Å². The normalized spacial score (nSPS) is 10.2. The fourth-order valence-electron chi connectivity index (χ4n) is 1.52. The van der Waals surface area contributed by atoms with Gasteiger partial charge in [0.2, 0.25) is 0 Å². The fourth-order valence-corrected chi connectivity index (χ4v) is 1.52. The molecule has 3 heteroatoms. The molecule has 0 fully saturated rings. The van der Waals surface area contributed by atoms with Gasteiger partial charge in [-0.2, -0.15) is 0 Å². The van der Waals surface area contributed by atoms with Crippen LogP contribution in [-0.2, 0) is 6.42 Å². The molecule has 0 bridgehead atoms. The van der Waals surface area contributed by atoms with E-state index in [9.17, 15) is 0 Å². The van der Waals surface area contributed by atoms with Crippen molar-refractivity contribution in [2.45, 2.75) is 13.3 Å². The zero-order valence-electron chi connectivity index (χ0n) is 8.64. The summed E-state index contributed by atoms with van der Waals surface area (Å²) >= 11 is 0. The molecular formula is C12H13N3. The number of hydrogen-bond donors (Lipinski definition) is 1. The van der Waals surface area contributed by atoms with Crippen LogP contribution in [0.1, 0.15) is 12.5 Å². The molecule has 2 rings (SSSR count). The summed E-state index contributed by atoms with van der Waals surface area (Å²) in [5, 5.41) is 0. The van der Waals surface area contributed by atoms with Gasteiger partial charge in [-0.15, -0.1) is 0 Å². The predicted octanol–water partition coefficient (Wildman–Crippen LogP) is 2.29. The monoisotopic (exact) mass is 199 g/mol. The Balaban J connectivity index is 2.49. The van der Waals surface area contributed by atoms with E-state index in [0.717, 1.165) is 17.8 Å². The van der Waals surface area contributed by atoms with Crippen LogP contribution >= 0.6 is 0 Å². The summed E-state index contributed by atoms with van der Waals surface area (Å²) in [6.45, 7) is 2.12. The van der Waals surface area contributed by atoms with E-state index in [1.165, 1.54) is 5.56 Å². The number of rotatable bonds is 2. The van der Waals surface area contributed by atoms with Crippen molar-refractivity contribution in [1.29, 1.82) is 0 Å². The van der Waals surface area contributed by atoms with Crippen molar-refractivity contribution in [1.82, 2.24) is 9.97 Å². The lowest BCUT2D eigenvalue weighted by molar-refractivity contribution is 1.11. The summed E-state index contributed by atoms with van der Waals surface area (Å²) in [6.07, 6.45) is 4.24. The van der Waals surface area contributed by atoms with Gasteiger partial charge in [0.05, 0.1) is 18.1 Å². The van der Waals surface area contributed by atoms with Crippen LogP contribution in [-0.4, -0.2) is 9.97 Å². The van der Waals surface area contributed by atoms with Gasteiger partial charge in [-0.1, -0.05) is 31.2 Å². The highest BCUT2D eigenvalue weighted by Crippen LogP contribution is 2.20. The zero-order valence-corrected chi connectivity index (χ0v) is 8.64. The Kier molecular flexibility index (Phi) is 2.63. The Bertz CT molecular complexity index is 449. The molecule has 0 saturated carbocycles. The molecule has 76 valence electrons. The van der Waals surface area contributed by atoms with E-state index in [-0.39, 0.29) is 0 Å². The number of nitrogen functional groups attached to an aromatic ring is 1. The number of nitrogens with two attached hydrogens (primary N) is 1. The molecular weight excluding hydrogens is 186 g/mol. The number of anilines is 1. The average molecular weight is 199 g/mol. The molecule has 0 saturated heterocycles. The smallest absolute Gasteiger partial charge is 0.159 e. The van der Waals surface area contributed by atoms with Gasteiger partial charge in [-0.3, -0.25) is 0 Å². The Morgan fingerprint density at radius 2 is 1.80 bits per heavy atom. The van der Waals surface area contributed by atoms with Gasteiger partial charge in [0.1, 0.15) is 0 Å². The number of hydrogen-bond acceptors (Lipinski definition) is 3. The van der Waals surface area contributed by atoms with Crippen molar-refractivity contribution >= 4 is 5.69 Å². The molecule has 1 aromatic heterocycles. The van der Waals surface area contributed by atoms with Crippen molar-refractivity contribution in [3.05, 3.63) is 42.2 Å². The van der Waals surface area contributed by atoms with Crippen LogP contribution in [0.5, 0.6) is 0 Å². The van der Waals surface area contributed by atoms with Crippen LogP contribution in [0.15, 0.2) is 36.7 Å². The second-order valence-electron chi connectivity index (χ2n) is 3.35. The maximum atomic E-state index is 5.55. The van der Waals surface area contributed by atoms with Crippen LogP contribution in [0, 0.1) is 0 Å². The predicted molar refractivity (Wildman–Crippen MR) is 61.3 cm³/mol. The molecule has 2 aromatic rings. The first-order valence-electron chi connectivity index (χ1n) is 4.97. The van der Waals surface area contributed by atoms with E-state index >= 15 is 0 Å². The molecule has 3 nitrogen and oxygen atoms in total. The maximum Gasteiger partial charge on any atom is 0.159 e. The Morgan fingerprint density at radius 3 is 2.47 bits per heavy atom. The first-order chi connectivity index (χ1) is 7.31. The molecule has 0 unspecified atom stereocenters. The van der Waals surface area contributed by atoms with Crippen LogP contribution < -0.4 is 5.73 Å². The van der Waals surface area contributed by atoms with Crippen molar-refractivity contribution in [2.75, 3.05) is 5.73 Å². The molecule has 0 spiro atoms. The second-order valence-corrected chi connectivity index (χ2v) is 3.35. The van der Waals surface area contributed by atoms with Crippen molar-refractivity contribution in [3.8, 4) is 11.4 Å². The third-order valence-electron chi connectivity index (χ3n) is 2.31. The lowest BCUT2D eigenvalue weighted by Crippen LogP contribution is -1.95. The molecule has 0 radical (unpaired) electrons. The summed E-state index contributed by atoms with van der Waals surface area (Å²) in [5.74, 6) is 0.738. The van der Waals surface area contributed by atoms with Crippen molar-refractivity contribution < 1.29 is 0 Å². The quantitative estimate of drug-likeness (QED) is 0.807. The highest BCUT2D eigenvalue weighted by molar-refractivity contribution is 5.60.